The number of hydrogen-bond acceptors (Lipinski definition) is 12. The molecule has 2 aliphatic heterocycles. The third-order valence-corrected chi connectivity index (χ3v) is 11.4. The van der Waals surface area contributed by atoms with Crippen LogP contribution in [0.3, 0.4) is 0 Å². The molecule has 0 fully saturated rings. The molecule has 6 rings (SSSR count). The molecule has 4 N–H and O–H groups in total. The van der Waals surface area contributed by atoms with Crippen LogP contribution in [0.5, 0.6) is 0 Å². The van der Waals surface area contributed by atoms with Crippen LogP contribution in [0.15, 0.2) is 50.5 Å². The van der Waals surface area contributed by atoms with E-state index in [1.165, 1.54) is 22.7 Å². The van der Waals surface area contributed by atoms with E-state index in [1.54, 1.807) is 31.5 Å². The van der Waals surface area contributed by atoms with E-state index >= 15 is 0 Å². The van der Waals surface area contributed by atoms with E-state index < -0.39 is 54.0 Å². The molecule has 3 aromatic heterocycles. The van der Waals surface area contributed by atoms with E-state index in [2.05, 4.69) is 36.2 Å². The van der Waals surface area contributed by atoms with Gasteiger partial charge in [-0.2, -0.15) is 0 Å². The second kappa shape index (κ2) is 16.0. The van der Waals surface area contributed by atoms with E-state index in [9.17, 15) is 19.2 Å². The molecule has 0 spiro atoms. The minimum Gasteiger partial charge on any atom is -0.474 e. The number of amides is 4. The smallest absolute Gasteiger partial charge is 0.274 e. The number of aliphatic imine (C=N–C) groups is 1. The maximum absolute atomic E-state index is 14.0. The zero-order chi connectivity index (χ0) is 38.0. The van der Waals surface area contributed by atoms with E-state index in [0.29, 0.717) is 22.9 Å². The summed E-state index contributed by atoms with van der Waals surface area (Å²) in [5.41, 5.74) is 1.38. The topological polar surface area (TPSA) is 190 Å². The van der Waals surface area contributed by atoms with Crippen molar-refractivity contribution in [2.75, 3.05) is 0 Å². The molecule has 0 radical (unpaired) electrons. The summed E-state index contributed by atoms with van der Waals surface area (Å²) in [4.78, 5) is 73.1. The van der Waals surface area contributed by atoms with Crippen LogP contribution in [0.1, 0.15) is 125 Å². The number of nitrogens with one attached hydrogen (secondary N) is 4. The van der Waals surface area contributed by atoms with Gasteiger partial charge in [-0.25, -0.2) is 19.9 Å². The lowest BCUT2D eigenvalue weighted by Crippen LogP contribution is -2.45. The second-order valence-corrected chi connectivity index (χ2v) is 15.6. The van der Waals surface area contributed by atoms with E-state index in [0.717, 1.165) is 5.56 Å². The van der Waals surface area contributed by atoms with Crippen LogP contribution in [-0.4, -0.2) is 62.7 Å². The van der Waals surface area contributed by atoms with Crippen molar-refractivity contribution in [2.24, 2.45) is 16.8 Å². The van der Waals surface area contributed by atoms with Gasteiger partial charge in [-0.15, -0.1) is 22.7 Å². The Morgan fingerprint density at radius 1 is 0.811 bits per heavy atom. The van der Waals surface area contributed by atoms with Crippen molar-refractivity contribution < 1.29 is 28.3 Å². The summed E-state index contributed by atoms with van der Waals surface area (Å²) < 4.78 is 12.1. The first-order valence-electron chi connectivity index (χ1n) is 17.7. The summed E-state index contributed by atoms with van der Waals surface area (Å²) in [7, 11) is 0. The number of carbonyl (C=O) groups is 4. The molecule has 5 heterocycles. The van der Waals surface area contributed by atoms with Crippen LogP contribution in [0, 0.1) is 18.8 Å². The number of nitrogens with zero attached hydrogens (tertiary/aromatic N) is 4. The van der Waals surface area contributed by atoms with E-state index in [1.807, 2.05) is 58.0 Å². The van der Waals surface area contributed by atoms with Gasteiger partial charge in [0.15, 0.2) is 11.7 Å². The van der Waals surface area contributed by atoms with Gasteiger partial charge < -0.3 is 30.4 Å². The normalized spacial score (nSPS) is 24.6. The summed E-state index contributed by atoms with van der Waals surface area (Å²) in [6, 6.07) is 6.34. The molecule has 16 heteroatoms. The number of fused-ring (bicyclic) bond motifs is 7. The van der Waals surface area contributed by atoms with Crippen molar-refractivity contribution in [1.29, 1.82) is 0 Å². The molecule has 1 aromatic carbocycles. The maximum atomic E-state index is 14.0. The van der Waals surface area contributed by atoms with Gasteiger partial charge in [0.25, 0.3) is 17.7 Å². The summed E-state index contributed by atoms with van der Waals surface area (Å²) >= 11 is 2.50. The standard InChI is InChI=1S/C37H44N8O6S2/c1-8-18(4)27-35-45-29(21(7)51-35)33(49)39-23(14-22-12-10-9-11-13-22)37-41-25(16-53-37)30(46)42-26(17(2)3)34-44-28(20(6)50-34)32(48)38-19(5)36-40-24(15-52-36)31(47)43-27/h9-13,15-19,21,23,26-27,29H,8,14H2,1-7H3,(H,38,48)(H,39,49)(H,42,46)(H,43,47)/t18?,19-,21-,23-,26+,27+,29+/m1/s1. The lowest BCUT2D eigenvalue weighted by Gasteiger charge is -2.24. The highest BCUT2D eigenvalue weighted by molar-refractivity contribution is 7.10. The van der Waals surface area contributed by atoms with Gasteiger partial charge in [0.1, 0.15) is 45.4 Å². The highest BCUT2D eigenvalue weighted by atomic mass is 32.1. The molecule has 14 nitrogen and oxygen atoms in total. The van der Waals surface area contributed by atoms with Gasteiger partial charge in [-0.1, -0.05) is 64.4 Å². The minimum atomic E-state index is -0.892. The summed E-state index contributed by atoms with van der Waals surface area (Å²) in [5.74, 6) is -1.25. The zero-order valence-electron chi connectivity index (χ0n) is 30.6. The Morgan fingerprint density at radius 3 is 2.11 bits per heavy atom. The molecule has 8 bridgehead atoms. The first-order chi connectivity index (χ1) is 25.3. The lowest BCUT2D eigenvalue weighted by molar-refractivity contribution is -0.124. The fourth-order valence-corrected chi connectivity index (χ4v) is 7.77. The van der Waals surface area contributed by atoms with Crippen molar-refractivity contribution in [3.63, 3.8) is 0 Å². The minimum absolute atomic E-state index is 0.0763. The molecule has 0 saturated carbocycles. The molecular formula is C37H44N8O6S2. The summed E-state index contributed by atoms with van der Waals surface area (Å²) in [6.07, 6.45) is 0.499. The van der Waals surface area contributed by atoms with Crippen molar-refractivity contribution in [2.45, 2.75) is 97.6 Å². The number of rotatable bonds is 5. The Bertz CT molecular complexity index is 2010. The number of hydrogen-bond donors (Lipinski definition) is 4. The van der Waals surface area contributed by atoms with Gasteiger partial charge >= 0.3 is 0 Å². The Kier molecular flexibility index (Phi) is 11.4. The largest absolute Gasteiger partial charge is 0.474 e. The molecule has 0 aliphatic carbocycles. The van der Waals surface area contributed by atoms with Gasteiger partial charge in [-0.05, 0) is 44.6 Å². The van der Waals surface area contributed by atoms with Crippen molar-refractivity contribution >= 4 is 52.2 Å². The van der Waals surface area contributed by atoms with Gasteiger partial charge in [0.2, 0.25) is 17.7 Å². The molecule has 2 aliphatic rings. The molecule has 1 unspecified atom stereocenters. The van der Waals surface area contributed by atoms with Gasteiger partial charge in [0.05, 0.1) is 12.1 Å². The van der Waals surface area contributed by atoms with Crippen LogP contribution < -0.4 is 21.3 Å². The van der Waals surface area contributed by atoms with Crippen LogP contribution >= 0.6 is 22.7 Å². The van der Waals surface area contributed by atoms with Crippen molar-refractivity contribution in [3.8, 4) is 0 Å². The Hall–Kier alpha value is -4.96. The average molecular weight is 761 g/mol. The number of oxazole rings is 1. The van der Waals surface area contributed by atoms with Crippen LogP contribution in [0.25, 0.3) is 0 Å². The molecule has 4 amide bonds. The molecule has 0 saturated heterocycles. The molecular weight excluding hydrogens is 717 g/mol. The Morgan fingerprint density at radius 2 is 1.45 bits per heavy atom. The Labute approximate surface area is 315 Å². The third kappa shape index (κ3) is 8.33. The van der Waals surface area contributed by atoms with Crippen LogP contribution in [-0.2, 0) is 16.0 Å². The lowest BCUT2D eigenvalue weighted by atomic mass is 9.98. The number of aromatic nitrogens is 3. The predicted octanol–water partition coefficient (Wildman–Crippen LogP) is 5.26. The fourth-order valence-electron chi connectivity index (χ4n) is 6.12. The molecule has 280 valence electrons. The third-order valence-electron chi connectivity index (χ3n) is 9.42. The number of aryl methyl sites for hydroxylation is 1. The highest BCUT2D eigenvalue weighted by Gasteiger charge is 2.40. The van der Waals surface area contributed by atoms with Gasteiger partial charge in [0, 0.05) is 10.8 Å². The van der Waals surface area contributed by atoms with E-state index in [-0.39, 0.29) is 52.4 Å². The quantitative estimate of drug-likeness (QED) is 0.210. The van der Waals surface area contributed by atoms with Gasteiger partial charge in [-0.3, -0.25) is 19.2 Å². The number of ether oxygens (including phenoxy) is 1. The fraction of sp³-hybridized carbons (Fsp3) is 0.459. The SMILES string of the molecule is CCC(C)[C@@H]1NC(=O)c2csc(n2)[C@@H](C)NC(=O)c2nc(oc2C)[C@H](C(C)C)NC(=O)c2csc(n2)[C@@H](Cc2ccccc2)NC(=O)[C@H]2N=C1O[C@@H]2C. The summed E-state index contributed by atoms with van der Waals surface area (Å²) in [6.45, 7) is 12.9. The average Bonchev–Trinajstić information content (AvgIpc) is 3.95. The number of carbonyl (C=O) groups excluding carboxylic acids is 4. The van der Waals surface area contributed by atoms with Crippen molar-refractivity contribution in [1.82, 2.24) is 36.2 Å². The van der Waals surface area contributed by atoms with Crippen molar-refractivity contribution in [3.05, 3.63) is 85.4 Å². The zero-order valence-corrected chi connectivity index (χ0v) is 32.3. The molecule has 7 atom stereocenters. The first-order valence-corrected chi connectivity index (χ1v) is 19.5. The Balaban J connectivity index is 1.38. The highest BCUT2D eigenvalue weighted by Crippen LogP contribution is 2.28. The second-order valence-electron chi connectivity index (χ2n) is 13.8. The molecule has 53 heavy (non-hydrogen) atoms. The number of benzene rings is 1. The molecule has 4 aromatic rings. The first kappa shape index (κ1) is 37.8. The van der Waals surface area contributed by atoms with Crippen LogP contribution in [0.2, 0.25) is 0 Å². The maximum Gasteiger partial charge on any atom is 0.274 e. The van der Waals surface area contributed by atoms with E-state index in [4.69, 9.17) is 14.1 Å². The summed E-state index contributed by atoms with van der Waals surface area (Å²) in [5, 5.41) is 16.4. The van der Waals surface area contributed by atoms with Crippen LogP contribution in [0.4, 0.5) is 0 Å². The number of thiazole rings is 2. The monoisotopic (exact) mass is 760 g/mol. The predicted molar refractivity (Wildman–Crippen MR) is 200 cm³/mol.